The number of nitrogens with two attached hydrogens (primary N) is 1. The Bertz CT molecular complexity index is 407. The minimum atomic E-state index is 0.125. The standard InChI is InChI=1S/C13H17NO/c14-8-13(6-7-13)12-10-3-1-2-9(10)4-5-11(12)15/h4-5,15H,1-3,6-8,14H2. The summed E-state index contributed by atoms with van der Waals surface area (Å²) in [4.78, 5) is 0. The third-order valence-corrected chi connectivity index (χ3v) is 4.04. The highest BCUT2D eigenvalue weighted by Gasteiger charge is 2.46. The van der Waals surface area contributed by atoms with Crippen LogP contribution in [0, 0.1) is 0 Å². The first-order valence-electron chi connectivity index (χ1n) is 5.81. The van der Waals surface area contributed by atoms with E-state index in [-0.39, 0.29) is 5.41 Å². The molecule has 0 radical (unpaired) electrons. The fourth-order valence-electron chi connectivity index (χ4n) is 2.95. The number of rotatable bonds is 2. The molecule has 0 bridgehead atoms. The molecule has 0 atom stereocenters. The summed E-state index contributed by atoms with van der Waals surface area (Å²) in [5.74, 6) is 0.471. The molecule has 0 unspecified atom stereocenters. The highest BCUT2D eigenvalue weighted by atomic mass is 16.3. The van der Waals surface area contributed by atoms with E-state index in [1.165, 1.54) is 29.5 Å². The van der Waals surface area contributed by atoms with E-state index in [1.807, 2.05) is 6.07 Å². The second-order valence-electron chi connectivity index (χ2n) is 4.94. The molecular formula is C13H17NO. The Kier molecular flexibility index (Phi) is 1.84. The van der Waals surface area contributed by atoms with Gasteiger partial charge >= 0.3 is 0 Å². The first kappa shape index (κ1) is 9.22. The van der Waals surface area contributed by atoms with Crippen molar-refractivity contribution in [3.8, 4) is 5.75 Å². The van der Waals surface area contributed by atoms with Crippen LogP contribution in [0.4, 0.5) is 0 Å². The second-order valence-corrected chi connectivity index (χ2v) is 4.94. The van der Waals surface area contributed by atoms with Crippen LogP contribution in [0.15, 0.2) is 12.1 Å². The fourth-order valence-corrected chi connectivity index (χ4v) is 2.95. The number of benzene rings is 1. The van der Waals surface area contributed by atoms with Crippen molar-refractivity contribution >= 4 is 0 Å². The highest BCUT2D eigenvalue weighted by Crippen LogP contribution is 2.53. The second kappa shape index (κ2) is 2.99. The summed E-state index contributed by atoms with van der Waals surface area (Å²) in [6.45, 7) is 0.678. The Labute approximate surface area is 90.1 Å². The van der Waals surface area contributed by atoms with Crippen molar-refractivity contribution in [3.05, 3.63) is 28.8 Å². The van der Waals surface area contributed by atoms with Gasteiger partial charge in [-0.05, 0) is 49.3 Å². The van der Waals surface area contributed by atoms with Gasteiger partial charge in [0.15, 0.2) is 0 Å². The van der Waals surface area contributed by atoms with Gasteiger partial charge in [-0.1, -0.05) is 6.07 Å². The number of aryl methyl sites for hydroxylation is 1. The van der Waals surface area contributed by atoms with Crippen molar-refractivity contribution in [1.29, 1.82) is 0 Å². The SMILES string of the molecule is NCC1(c2c(O)ccc3c2CCC3)CC1. The van der Waals surface area contributed by atoms with Gasteiger partial charge in [-0.2, -0.15) is 0 Å². The predicted octanol–water partition coefficient (Wildman–Crippen LogP) is 1.87. The van der Waals surface area contributed by atoms with Crippen LogP contribution in [0.1, 0.15) is 36.0 Å². The minimum absolute atomic E-state index is 0.125. The van der Waals surface area contributed by atoms with E-state index in [9.17, 15) is 5.11 Å². The van der Waals surface area contributed by atoms with Gasteiger partial charge in [0, 0.05) is 17.5 Å². The lowest BCUT2D eigenvalue weighted by Crippen LogP contribution is -2.21. The Morgan fingerprint density at radius 2 is 2.07 bits per heavy atom. The molecule has 2 aliphatic rings. The van der Waals surface area contributed by atoms with Crippen molar-refractivity contribution in [2.45, 2.75) is 37.5 Å². The summed E-state index contributed by atoms with van der Waals surface area (Å²) in [6.07, 6.45) is 5.82. The lowest BCUT2D eigenvalue weighted by molar-refractivity contribution is 0.457. The molecule has 0 aliphatic heterocycles. The number of aromatic hydroxyl groups is 1. The number of phenols is 1. The first-order valence-corrected chi connectivity index (χ1v) is 5.81. The van der Waals surface area contributed by atoms with Gasteiger partial charge in [0.05, 0.1) is 0 Å². The van der Waals surface area contributed by atoms with Crippen molar-refractivity contribution < 1.29 is 5.11 Å². The summed E-state index contributed by atoms with van der Waals surface area (Å²) in [5.41, 5.74) is 9.99. The summed E-state index contributed by atoms with van der Waals surface area (Å²) in [6, 6.07) is 3.93. The van der Waals surface area contributed by atoms with E-state index in [1.54, 1.807) is 0 Å². The van der Waals surface area contributed by atoms with Crippen molar-refractivity contribution in [2.24, 2.45) is 5.73 Å². The van der Waals surface area contributed by atoms with Crippen LogP contribution in [-0.2, 0) is 18.3 Å². The van der Waals surface area contributed by atoms with Gasteiger partial charge in [-0.15, -0.1) is 0 Å². The van der Waals surface area contributed by atoms with E-state index in [0.717, 1.165) is 19.3 Å². The van der Waals surface area contributed by atoms with Gasteiger partial charge in [-0.25, -0.2) is 0 Å². The van der Waals surface area contributed by atoms with Gasteiger partial charge in [0.25, 0.3) is 0 Å². The zero-order valence-electron chi connectivity index (χ0n) is 8.92. The zero-order chi connectivity index (χ0) is 10.5. The van der Waals surface area contributed by atoms with E-state index in [2.05, 4.69) is 6.07 Å². The molecule has 1 saturated carbocycles. The molecule has 1 aromatic carbocycles. The van der Waals surface area contributed by atoms with Crippen molar-refractivity contribution in [1.82, 2.24) is 0 Å². The van der Waals surface area contributed by atoms with Gasteiger partial charge < -0.3 is 10.8 Å². The molecule has 1 fully saturated rings. The minimum Gasteiger partial charge on any atom is -0.508 e. The first-order chi connectivity index (χ1) is 7.27. The number of hydrogen-bond donors (Lipinski definition) is 2. The van der Waals surface area contributed by atoms with Crippen molar-refractivity contribution in [3.63, 3.8) is 0 Å². The smallest absolute Gasteiger partial charge is 0.119 e. The Hall–Kier alpha value is -1.02. The Balaban J connectivity index is 2.17. The van der Waals surface area contributed by atoms with Gasteiger partial charge in [-0.3, -0.25) is 0 Å². The molecule has 0 spiro atoms. The largest absolute Gasteiger partial charge is 0.508 e. The predicted molar refractivity (Wildman–Crippen MR) is 60.1 cm³/mol. The Morgan fingerprint density at radius 3 is 2.73 bits per heavy atom. The van der Waals surface area contributed by atoms with E-state index in [4.69, 9.17) is 5.73 Å². The van der Waals surface area contributed by atoms with Crippen LogP contribution in [0.25, 0.3) is 0 Å². The molecule has 0 heterocycles. The van der Waals surface area contributed by atoms with E-state index >= 15 is 0 Å². The summed E-state index contributed by atoms with van der Waals surface area (Å²) >= 11 is 0. The molecule has 2 nitrogen and oxygen atoms in total. The molecule has 2 heteroatoms. The van der Waals surface area contributed by atoms with Gasteiger partial charge in [0.2, 0.25) is 0 Å². The third kappa shape index (κ3) is 1.21. The molecule has 3 rings (SSSR count). The van der Waals surface area contributed by atoms with Crippen LogP contribution in [-0.4, -0.2) is 11.7 Å². The van der Waals surface area contributed by atoms with Crippen LogP contribution in [0.5, 0.6) is 5.75 Å². The molecule has 80 valence electrons. The number of fused-ring (bicyclic) bond motifs is 1. The average Bonchev–Trinajstić information content (AvgIpc) is 2.88. The van der Waals surface area contributed by atoms with E-state index in [0.29, 0.717) is 12.3 Å². The maximum absolute atomic E-state index is 10.0. The highest BCUT2D eigenvalue weighted by molar-refractivity contribution is 5.53. The third-order valence-electron chi connectivity index (χ3n) is 4.04. The average molecular weight is 203 g/mol. The van der Waals surface area contributed by atoms with Crippen LogP contribution >= 0.6 is 0 Å². The Morgan fingerprint density at radius 1 is 1.27 bits per heavy atom. The van der Waals surface area contributed by atoms with Gasteiger partial charge in [0.1, 0.15) is 5.75 Å². The molecule has 0 amide bonds. The number of phenolic OH excluding ortho intramolecular Hbond substituents is 1. The summed E-state index contributed by atoms with van der Waals surface area (Å²) < 4.78 is 0. The normalized spacial score (nSPS) is 21.4. The molecule has 0 saturated heterocycles. The molecule has 3 N–H and O–H groups in total. The zero-order valence-corrected chi connectivity index (χ0v) is 8.92. The maximum atomic E-state index is 10.0. The lowest BCUT2D eigenvalue weighted by Gasteiger charge is -2.19. The van der Waals surface area contributed by atoms with Crippen LogP contribution in [0.3, 0.4) is 0 Å². The fraction of sp³-hybridized carbons (Fsp3) is 0.538. The molecular weight excluding hydrogens is 186 g/mol. The lowest BCUT2D eigenvalue weighted by atomic mass is 9.88. The van der Waals surface area contributed by atoms with Crippen LogP contribution in [0.2, 0.25) is 0 Å². The molecule has 15 heavy (non-hydrogen) atoms. The molecule has 2 aliphatic carbocycles. The maximum Gasteiger partial charge on any atom is 0.119 e. The van der Waals surface area contributed by atoms with Crippen molar-refractivity contribution in [2.75, 3.05) is 6.54 Å². The number of hydrogen-bond acceptors (Lipinski definition) is 2. The summed E-state index contributed by atoms with van der Waals surface area (Å²) in [5, 5.41) is 10.0. The topological polar surface area (TPSA) is 46.2 Å². The van der Waals surface area contributed by atoms with E-state index < -0.39 is 0 Å². The molecule has 1 aromatic rings. The quantitative estimate of drug-likeness (QED) is 0.770. The van der Waals surface area contributed by atoms with Crippen LogP contribution < -0.4 is 5.73 Å². The summed E-state index contributed by atoms with van der Waals surface area (Å²) in [7, 11) is 0. The monoisotopic (exact) mass is 203 g/mol. The molecule has 0 aromatic heterocycles.